The van der Waals surface area contributed by atoms with Crippen molar-refractivity contribution in [3.05, 3.63) is 28.2 Å². The van der Waals surface area contributed by atoms with Crippen molar-refractivity contribution in [2.75, 3.05) is 6.54 Å². The van der Waals surface area contributed by atoms with Crippen LogP contribution in [0.25, 0.3) is 0 Å². The van der Waals surface area contributed by atoms with E-state index < -0.39 is 10.8 Å². The van der Waals surface area contributed by atoms with Gasteiger partial charge in [-0.3, -0.25) is 4.21 Å². The Morgan fingerprint density at radius 2 is 1.95 bits per heavy atom. The van der Waals surface area contributed by atoms with Gasteiger partial charge in [-0.1, -0.05) is 37.0 Å². The van der Waals surface area contributed by atoms with Gasteiger partial charge in [0.1, 0.15) is 0 Å². The molecular weight excluding hydrogens is 301 g/mol. The molecule has 0 saturated carbocycles. The van der Waals surface area contributed by atoms with Crippen molar-refractivity contribution in [3.63, 3.8) is 0 Å². The third kappa shape index (κ3) is 4.75. The molecule has 3 atom stereocenters. The Morgan fingerprint density at radius 1 is 1.26 bits per heavy atom. The predicted octanol–water partition coefficient (Wildman–Crippen LogP) is 4.27. The molecule has 0 aliphatic carbocycles. The molecule has 19 heavy (non-hydrogen) atoms. The zero-order valence-electron chi connectivity index (χ0n) is 11.6. The smallest absolute Gasteiger partial charge is 0.0604 e. The van der Waals surface area contributed by atoms with E-state index in [1.807, 2.05) is 6.92 Å². The summed E-state index contributed by atoms with van der Waals surface area (Å²) in [4.78, 5) is 0.735. The first kappa shape index (κ1) is 17.0. The normalized spacial score (nSPS) is 16.1. The monoisotopic (exact) mass is 321 g/mol. The first-order valence-corrected chi connectivity index (χ1v) is 8.57. The predicted molar refractivity (Wildman–Crippen MR) is 84.7 cm³/mol. The summed E-state index contributed by atoms with van der Waals surface area (Å²) in [7, 11) is -1.09. The lowest BCUT2D eigenvalue weighted by molar-refractivity contribution is 0.486. The third-order valence-corrected chi connectivity index (χ3v) is 5.59. The van der Waals surface area contributed by atoms with E-state index in [9.17, 15) is 4.21 Å². The van der Waals surface area contributed by atoms with Crippen LogP contribution < -0.4 is 5.32 Å². The lowest BCUT2D eigenvalue weighted by atomic mass is 10.1. The number of hydrogen-bond acceptors (Lipinski definition) is 2. The minimum Gasteiger partial charge on any atom is -0.313 e. The highest BCUT2D eigenvalue weighted by Crippen LogP contribution is 2.25. The maximum atomic E-state index is 12.5. The van der Waals surface area contributed by atoms with E-state index >= 15 is 0 Å². The summed E-state index contributed by atoms with van der Waals surface area (Å²) in [6.45, 7) is 7.19. The van der Waals surface area contributed by atoms with E-state index in [4.69, 9.17) is 23.2 Å². The summed E-state index contributed by atoms with van der Waals surface area (Å²) >= 11 is 11.9. The third-order valence-electron chi connectivity index (χ3n) is 3.12. The number of nitrogens with one attached hydrogen (secondary N) is 1. The van der Waals surface area contributed by atoms with Crippen molar-refractivity contribution in [3.8, 4) is 0 Å². The standard InChI is InChI=1S/C14H21Cl2NOS/c1-4-8-17-14(5-2)10(3)19(18)11-6-7-12(15)13(16)9-11/h6-7,9-10,14,17H,4-5,8H2,1-3H3. The summed E-state index contributed by atoms with van der Waals surface area (Å²) in [6, 6.07) is 5.43. The second-order valence-corrected chi connectivity index (χ2v) is 7.17. The van der Waals surface area contributed by atoms with Crippen molar-refractivity contribution in [1.29, 1.82) is 0 Å². The topological polar surface area (TPSA) is 29.1 Å². The molecule has 0 aromatic heterocycles. The Morgan fingerprint density at radius 3 is 2.47 bits per heavy atom. The SMILES string of the molecule is CCCNC(CC)C(C)S(=O)c1ccc(Cl)c(Cl)c1. The highest BCUT2D eigenvalue weighted by molar-refractivity contribution is 7.85. The number of halogens is 2. The van der Waals surface area contributed by atoms with Crippen LogP contribution in [0.4, 0.5) is 0 Å². The Balaban J connectivity index is 2.82. The maximum Gasteiger partial charge on any atom is 0.0604 e. The van der Waals surface area contributed by atoms with Crippen LogP contribution in [-0.4, -0.2) is 22.0 Å². The summed E-state index contributed by atoms with van der Waals surface area (Å²) in [5, 5.41) is 4.42. The molecule has 0 amide bonds. The van der Waals surface area contributed by atoms with Gasteiger partial charge in [0.25, 0.3) is 0 Å². The molecule has 2 nitrogen and oxygen atoms in total. The van der Waals surface area contributed by atoms with Crippen LogP contribution in [0.15, 0.2) is 23.1 Å². The van der Waals surface area contributed by atoms with Gasteiger partial charge in [0, 0.05) is 10.9 Å². The van der Waals surface area contributed by atoms with Crippen LogP contribution in [0.3, 0.4) is 0 Å². The fourth-order valence-corrected chi connectivity index (χ4v) is 3.75. The summed E-state index contributed by atoms with van der Waals surface area (Å²) < 4.78 is 12.5. The van der Waals surface area contributed by atoms with Gasteiger partial charge < -0.3 is 5.32 Å². The lowest BCUT2D eigenvalue weighted by Crippen LogP contribution is -2.40. The Labute approximate surface area is 128 Å². The Hall–Kier alpha value is -0.0900. The molecule has 0 heterocycles. The quantitative estimate of drug-likeness (QED) is 0.812. The van der Waals surface area contributed by atoms with Gasteiger partial charge in [-0.2, -0.15) is 0 Å². The number of hydrogen-bond donors (Lipinski definition) is 1. The van der Waals surface area contributed by atoms with E-state index in [1.54, 1.807) is 18.2 Å². The molecule has 1 N–H and O–H groups in total. The van der Waals surface area contributed by atoms with Crippen LogP contribution in [0, 0.1) is 0 Å². The molecule has 3 unspecified atom stereocenters. The highest BCUT2D eigenvalue weighted by Gasteiger charge is 2.22. The van der Waals surface area contributed by atoms with Gasteiger partial charge in [-0.05, 0) is 44.5 Å². The minimum atomic E-state index is -1.09. The largest absolute Gasteiger partial charge is 0.313 e. The fraction of sp³-hybridized carbons (Fsp3) is 0.571. The van der Waals surface area contributed by atoms with E-state index in [0.717, 1.165) is 24.3 Å². The average Bonchev–Trinajstić information content (AvgIpc) is 2.41. The van der Waals surface area contributed by atoms with Crippen LogP contribution in [-0.2, 0) is 10.8 Å². The molecule has 1 aromatic rings. The van der Waals surface area contributed by atoms with Crippen LogP contribution in [0.2, 0.25) is 10.0 Å². The molecule has 0 fully saturated rings. The zero-order chi connectivity index (χ0) is 14.4. The second kappa shape index (κ2) is 8.25. The van der Waals surface area contributed by atoms with E-state index in [1.165, 1.54) is 0 Å². The second-order valence-electron chi connectivity index (χ2n) is 4.55. The van der Waals surface area contributed by atoms with Gasteiger partial charge >= 0.3 is 0 Å². The molecule has 0 aliphatic rings. The molecule has 5 heteroatoms. The summed E-state index contributed by atoms with van der Waals surface area (Å²) in [5.74, 6) is 0. The molecule has 0 aliphatic heterocycles. The van der Waals surface area contributed by atoms with E-state index in [0.29, 0.717) is 10.0 Å². The highest BCUT2D eigenvalue weighted by atomic mass is 35.5. The molecular formula is C14H21Cl2NOS. The maximum absolute atomic E-state index is 12.5. The number of benzene rings is 1. The van der Waals surface area contributed by atoms with Crippen LogP contribution in [0.5, 0.6) is 0 Å². The first-order chi connectivity index (χ1) is 9.01. The average molecular weight is 322 g/mol. The number of rotatable bonds is 7. The van der Waals surface area contributed by atoms with Crippen LogP contribution >= 0.6 is 23.2 Å². The first-order valence-electron chi connectivity index (χ1n) is 6.60. The molecule has 0 spiro atoms. The molecule has 0 radical (unpaired) electrons. The lowest BCUT2D eigenvalue weighted by Gasteiger charge is -2.23. The van der Waals surface area contributed by atoms with Crippen molar-refractivity contribution in [1.82, 2.24) is 5.32 Å². The van der Waals surface area contributed by atoms with E-state index in [2.05, 4.69) is 19.2 Å². The van der Waals surface area contributed by atoms with Gasteiger partial charge in [0.05, 0.1) is 26.1 Å². The minimum absolute atomic E-state index is 0.0359. The van der Waals surface area contributed by atoms with Crippen molar-refractivity contribution in [2.45, 2.75) is 49.8 Å². The van der Waals surface area contributed by atoms with Crippen molar-refractivity contribution < 1.29 is 4.21 Å². The van der Waals surface area contributed by atoms with Gasteiger partial charge in [-0.15, -0.1) is 0 Å². The van der Waals surface area contributed by atoms with Crippen molar-refractivity contribution >= 4 is 34.0 Å². The summed E-state index contributed by atoms with van der Waals surface area (Å²) in [6.07, 6.45) is 2.02. The zero-order valence-corrected chi connectivity index (χ0v) is 13.9. The molecule has 1 rings (SSSR count). The van der Waals surface area contributed by atoms with Crippen LogP contribution in [0.1, 0.15) is 33.6 Å². The van der Waals surface area contributed by atoms with Crippen molar-refractivity contribution in [2.24, 2.45) is 0 Å². The van der Waals surface area contributed by atoms with Gasteiger partial charge in [0.2, 0.25) is 0 Å². The molecule has 1 aromatic carbocycles. The Bertz CT molecular complexity index is 439. The molecule has 108 valence electrons. The van der Waals surface area contributed by atoms with E-state index in [-0.39, 0.29) is 11.3 Å². The Kier molecular flexibility index (Phi) is 7.37. The fourth-order valence-electron chi connectivity index (χ4n) is 1.94. The van der Waals surface area contributed by atoms with Gasteiger partial charge in [-0.25, -0.2) is 0 Å². The molecule has 0 saturated heterocycles. The summed E-state index contributed by atoms with van der Waals surface area (Å²) in [5.41, 5.74) is 0. The van der Waals surface area contributed by atoms with Gasteiger partial charge in [0.15, 0.2) is 0 Å². The molecule has 0 bridgehead atoms.